The van der Waals surface area contributed by atoms with Crippen LogP contribution in [0, 0.1) is 40.4 Å². The van der Waals surface area contributed by atoms with Crippen LogP contribution in [0.3, 0.4) is 0 Å². The average Bonchev–Trinajstić information content (AvgIpc) is 3.10. The zero-order valence-electron chi connectivity index (χ0n) is 22.6. The van der Waals surface area contributed by atoms with Crippen LogP contribution in [0.25, 0.3) is 0 Å². The maximum Gasteiger partial charge on any atom is 0.304 e. The molecule has 4 rings (SSSR count). The van der Waals surface area contributed by atoms with Gasteiger partial charge in [0.2, 0.25) is 0 Å². The van der Waals surface area contributed by atoms with Crippen LogP contribution < -0.4 is 0 Å². The summed E-state index contributed by atoms with van der Waals surface area (Å²) >= 11 is 0. The minimum Gasteiger partial charge on any atom is -0.462 e. The molecule has 4 nitrogen and oxygen atoms in total. The van der Waals surface area contributed by atoms with Gasteiger partial charge in [-0.1, -0.05) is 67.6 Å². The van der Waals surface area contributed by atoms with Gasteiger partial charge in [0.25, 0.3) is 0 Å². The third kappa shape index (κ3) is 4.89. The van der Waals surface area contributed by atoms with Crippen LogP contribution in [-0.2, 0) is 19.1 Å². The zero-order valence-corrected chi connectivity index (χ0v) is 22.6. The third-order valence-corrected chi connectivity index (χ3v) is 9.23. The molecule has 35 heavy (non-hydrogen) atoms. The van der Waals surface area contributed by atoms with Crippen molar-refractivity contribution in [3.05, 3.63) is 34.9 Å². The van der Waals surface area contributed by atoms with Crippen LogP contribution in [-0.4, -0.2) is 23.6 Å². The van der Waals surface area contributed by atoms with Crippen LogP contribution in [0.2, 0.25) is 0 Å². The molecule has 4 heteroatoms. The number of hydrogen-bond acceptors (Lipinski definition) is 4. The average molecular weight is 479 g/mol. The Bertz CT molecular complexity index is 1050. The van der Waals surface area contributed by atoms with E-state index in [1.807, 2.05) is 13.8 Å². The first-order valence-corrected chi connectivity index (χ1v) is 13.3. The van der Waals surface area contributed by atoms with Gasteiger partial charge in [0, 0.05) is 26.7 Å². The molecule has 190 valence electrons. The number of hydrogen-bond donors (Lipinski definition) is 0. The van der Waals surface area contributed by atoms with Crippen LogP contribution in [0.5, 0.6) is 0 Å². The molecule has 0 aromatic heterocycles. The Hall–Kier alpha value is -2.28. The highest BCUT2D eigenvalue weighted by Gasteiger charge is 2.54. The molecule has 2 saturated carbocycles. The van der Waals surface area contributed by atoms with Gasteiger partial charge in [0.15, 0.2) is 5.60 Å². The van der Waals surface area contributed by atoms with Gasteiger partial charge in [0.05, 0.1) is 0 Å². The quantitative estimate of drug-likeness (QED) is 0.256. The monoisotopic (exact) mass is 478 g/mol. The maximum absolute atomic E-state index is 11.5. The fourth-order valence-corrected chi connectivity index (χ4v) is 7.60. The smallest absolute Gasteiger partial charge is 0.304 e. The lowest BCUT2D eigenvalue weighted by Crippen LogP contribution is -2.46. The summed E-state index contributed by atoms with van der Waals surface area (Å²) in [6.07, 6.45) is 14.5. The Morgan fingerprint density at radius 2 is 1.80 bits per heavy atom. The molecule has 2 fully saturated rings. The third-order valence-electron chi connectivity index (χ3n) is 9.23. The number of esters is 2. The fourth-order valence-electron chi connectivity index (χ4n) is 7.60. The van der Waals surface area contributed by atoms with E-state index >= 15 is 0 Å². The standard InChI is InChI=1S/C31H42O4/c1-20(9-8-16-29(4,5)35-22(3)33)26-12-13-27-25-11-10-23-19-24(34-21(2)32)14-17-30(23,6)28(25)15-18-31(26,27)7/h10-12,20,24,27-28H,9,13-15,17-19H2,1-7H3/t20-,24+,27+,28+,30+,31-/m1/s1. The predicted octanol–water partition coefficient (Wildman–Crippen LogP) is 6.71. The summed E-state index contributed by atoms with van der Waals surface area (Å²) in [6.45, 7) is 13.9. The molecule has 0 aliphatic heterocycles. The summed E-state index contributed by atoms with van der Waals surface area (Å²) in [5.74, 6) is 7.53. The molecular weight excluding hydrogens is 436 g/mol. The second kappa shape index (κ2) is 9.30. The van der Waals surface area contributed by atoms with Crippen molar-refractivity contribution in [2.45, 2.75) is 105 Å². The summed E-state index contributed by atoms with van der Waals surface area (Å²) < 4.78 is 10.9. The van der Waals surface area contributed by atoms with E-state index in [0.717, 1.165) is 32.1 Å². The fraction of sp³-hybridized carbons (Fsp3) is 0.677. The minimum atomic E-state index is -0.749. The number of rotatable bonds is 4. The SMILES string of the molecule is CC(=O)O[C@H]1CC[C@@]2(C)C(=CC=C3[C@@H]2CC[C@]2(C)C([C@H](C)CC#CC(C)(C)OC(C)=O)=CC[C@@H]32)C1. The van der Waals surface area contributed by atoms with Crippen molar-refractivity contribution in [3.8, 4) is 11.8 Å². The van der Waals surface area contributed by atoms with Crippen LogP contribution in [0.15, 0.2) is 34.9 Å². The van der Waals surface area contributed by atoms with Crippen molar-refractivity contribution in [2.24, 2.45) is 28.6 Å². The summed E-state index contributed by atoms with van der Waals surface area (Å²) in [4.78, 5) is 22.8. The van der Waals surface area contributed by atoms with Crippen LogP contribution >= 0.6 is 0 Å². The largest absolute Gasteiger partial charge is 0.462 e. The van der Waals surface area contributed by atoms with E-state index in [0.29, 0.717) is 17.8 Å². The molecule has 0 saturated heterocycles. The van der Waals surface area contributed by atoms with Crippen LogP contribution in [0.1, 0.15) is 93.4 Å². The van der Waals surface area contributed by atoms with Gasteiger partial charge in [-0.3, -0.25) is 9.59 Å². The van der Waals surface area contributed by atoms with Gasteiger partial charge in [0.1, 0.15) is 6.10 Å². The predicted molar refractivity (Wildman–Crippen MR) is 138 cm³/mol. The molecule has 0 aromatic rings. The normalized spacial score (nSPS) is 34.5. The van der Waals surface area contributed by atoms with Crippen molar-refractivity contribution < 1.29 is 19.1 Å². The highest BCUT2D eigenvalue weighted by Crippen LogP contribution is 2.64. The zero-order chi connectivity index (χ0) is 25.6. The first-order chi connectivity index (χ1) is 16.4. The molecule has 6 atom stereocenters. The molecular formula is C31H42O4. The Morgan fingerprint density at radius 3 is 2.49 bits per heavy atom. The van der Waals surface area contributed by atoms with Gasteiger partial charge in [-0.15, -0.1) is 0 Å². The first-order valence-electron chi connectivity index (χ1n) is 13.3. The second-order valence-corrected chi connectivity index (χ2v) is 12.2. The lowest BCUT2D eigenvalue weighted by atomic mass is 9.50. The van der Waals surface area contributed by atoms with Crippen molar-refractivity contribution in [1.29, 1.82) is 0 Å². The number of ether oxygens (including phenoxy) is 2. The van der Waals surface area contributed by atoms with Gasteiger partial charge in [-0.25, -0.2) is 0 Å². The first kappa shape index (κ1) is 25.8. The molecule has 0 spiro atoms. The van der Waals surface area contributed by atoms with Gasteiger partial charge in [-0.2, -0.15) is 0 Å². The molecule has 0 unspecified atom stereocenters. The van der Waals surface area contributed by atoms with Gasteiger partial charge >= 0.3 is 11.9 Å². The van der Waals surface area contributed by atoms with E-state index < -0.39 is 5.60 Å². The molecule has 0 aromatic carbocycles. The summed E-state index contributed by atoms with van der Waals surface area (Å²) in [5.41, 5.74) is 4.28. The molecule has 0 bridgehead atoms. The summed E-state index contributed by atoms with van der Waals surface area (Å²) in [7, 11) is 0. The molecule has 0 N–H and O–H groups in total. The van der Waals surface area contributed by atoms with Crippen LogP contribution in [0.4, 0.5) is 0 Å². The Labute approximate surface area is 211 Å². The number of carbonyl (C=O) groups excluding carboxylic acids is 2. The lowest BCUT2D eigenvalue weighted by Gasteiger charge is -2.54. The molecule has 0 heterocycles. The highest BCUT2D eigenvalue weighted by molar-refractivity contribution is 5.67. The van der Waals surface area contributed by atoms with Crippen molar-refractivity contribution in [3.63, 3.8) is 0 Å². The van der Waals surface area contributed by atoms with Gasteiger partial charge in [-0.05, 0) is 74.5 Å². The topological polar surface area (TPSA) is 52.6 Å². The lowest BCUT2D eigenvalue weighted by molar-refractivity contribution is -0.149. The van der Waals surface area contributed by atoms with Crippen molar-refractivity contribution in [2.75, 3.05) is 0 Å². The summed E-state index contributed by atoms with van der Waals surface area (Å²) in [5, 5.41) is 0. The summed E-state index contributed by atoms with van der Waals surface area (Å²) in [6, 6.07) is 0. The second-order valence-electron chi connectivity index (χ2n) is 12.2. The van der Waals surface area contributed by atoms with Crippen molar-refractivity contribution in [1.82, 2.24) is 0 Å². The van der Waals surface area contributed by atoms with E-state index in [1.165, 1.54) is 32.3 Å². The Balaban J connectivity index is 1.50. The number of allylic oxidation sites excluding steroid dienone is 5. The molecule has 4 aliphatic rings. The molecule has 4 aliphatic carbocycles. The highest BCUT2D eigenvalue weighted by atomic mass is 16.6. The van der Waals surface area contributed by atoms with E-state index in [9.17, 15) is 9.59 Å². The maximum atomic E-state index is 11.5. The van der Waals surface area contributed by atoms with Gasteiger partial charge < -0.3 is 9.47 Å². The Kier molecular flexibility index (Phi) is 6.86. The molecule has 0 amide bonds. The van der Waals surface area contributed by atoms with Crippen molar-refractivity contribution >= 4 is 11.9 Å². The van der Waals surface area contributed by atoms with E-state index in [4.69, 9.17) is 9.47 Å². The van der Waals surface area contributed by atoms with E-state index in [1.54, 1.807) is 11.1 Å². The van der Waals surface area contributed by atoms with E-state index in [-0.39, 0.29) is 28.9 Å². The Morgan fingerprint density at radius 1 is 1.09 bits per heavy atom. The minimum absolute atomic E-state index is 0.0307. The number of fused-ring (bicyclic) bond motifs is 5. The number of carbonyl (C=O) groups is 2. The molecule has 0 radical (unpaired) electrons. The van der Waals surface area contributed by atoms with E-state index in [2.05, 4.69) is 50.8 Å².